The predicted molar refractivity (Wildman–Crippen MR) is 56.5 cm³/mol. The van der Waals surface area contributed by atoms with Crippen molar-refractivity contribution in [2.45, 2.75) is 12.6 Å². The highest BCUT2D eigenvalue weighted by Gasteiger charge is 2.30. The van der Waals surface area contributed by atoms with Crippen molar-refractivity contribution in [1.82, 2.24) is 10.1 Å². The van der Waals surface area contributed by atoms with Crippen LogP contribution in [-0.4, -0.2) is 27.4 Å². The summed E-state index contributed by atoms with van der Waals surface area (Å²) in [6.07, 6.45) is -5.72. The lowest BCUT2D eigenvalue weighted by atomic mass is 10.1. The molecule has 0 unspecified atom stereocenters. The molecule has 5 nitrogen and oxygen atoms in total. The number of hydrogen-bond donors (Lipinski definition) is 1. The number of halogens is 3. The van der Waals surface area contributed by atoms with E-state index in [0.29, 0.717) is 0 Å². The van der Waals surface area contributed by atoms with Crippen LogP contribution in [0.3, 0.4) is 0 Å². The number of alkyl halides is 3. The number of benzene rings is 1. The summed E-state index contributed by atoms with van der Waals surface area (Å²) in [4.78, 5) is 14.3. The van der Waals surface area contributed by atoms with Crippen molar-refractivity contribution in [3.05, 3.63) is 35.7 Å². The van der Waals surface area contributed by atoms with Crippen LogP contribution in [0.1, 0.15) is 16.2 Å². The molecule has 1 aromatic carbocycles. The number of nitrogens with zero attached hydrogens (tertiary/aromatic N) is 2. The second-order valence-electron chi connectivity index (χ2n) is 3.69. The van der Waals surface area contributed by atoms with Crippen LogP contribution in [0.25, 0.3) is 11.5 Å². The largest absolute Gasteiger partial charge is 0.478 e. The van der Waals surface area contributed by atoms with Gasteiger partial charge in [0.2, 0.25) is 0 Å². The fourth-order valence-corrected chi connectivity index (χ4v) is 1.41. The van der Waals surface area contributed by atoms with E-state index in [1.54, 1.807) is 0 Å². The van der Waals surface area contributed by atoms with Gasteiger partial charge in [0.15, 0.2) is 5.82 Å². The van der Waals surface area contributed by atoms with E-state index in [9.17, 15) is 18.0 Å². The smallest absolute Gasteiger partial charge is 0.396 e. The molecular formula is C11H7F3N2O3. The molecule has 1 aromatic heterocycles. The first kappa shape index (κ1) is 13.1. The van der Waals surface area contributed by atoms with Gasteiger partial charge in [-0.1, -0.05) is 11.2 Å². The SMILES string of the molecule is O=C(O)c1cccc(-c2nc(CC(F)(F)F)no2)c1. The third-order valence-corrected chi connectivity index (χ3v) is 2.18. The van der Waals surface area contributed by atoms with Gasteiger partial charge >= 0.3 is 12.1 Å². The molecule has 0 saturated carbocycles. The number of aromatic carboxylic acids is 1. The Bertz CT molecular complexity index is 607. The van der Waals surface area contributed by atoms with Gasteiger partial charge in [0.05, 0.1) is 5.56 Å². The van der Waals surface area contributed by atoms with Gasteiger partial charge in [0.1, 0.15) is 6.42 Å². The van der Waals surface area contributed by atoms with E-state index in [4.69, 9.17) is 5.11 Å². The zero-order valence-electron chi connectivity index (χ0n) is 9.31. The Kier molecular flexibility index (Phi) is 3.24. The summed E-state index contributed by atoms with van der Waals surface area (Å²) < 4.78 is 41.0. The lowest BCUT2D eigenvalue weighted by Gasteiger charge is -2.00. The highest BCUT2D eigenvalue weighted by molar-refractivity contribution is 5.88. The summed E-state index contributed by atoms with van der Waals surface area (Å²) in [5.74, 6) is -1.80. The lowest BCUT2D eigenvalue weighted by Crippen LogP contribution is -2.12. The van der Waals surface area contributed by atoms with Gasteiger partial charge in [-0.15, -0.1) is 0 Å². The third-order valence-electron chi connectivity index (χ3n) is 2.18. The van der Waals surface area contributed by atoms with Gasteiger partial charge in [0, 0.05) is 5.56 Å². The molecule has 2 aromatic rings. The molecule has 19 heavy (non-hydrogen) atoms. The first-order valence-corrected chi connectivity index (χ1v) is 5.08. The number of carbonyl (C=O) groups is 1. The summed E-state index contributed by atoms with van der Waals surface area (Å²) in [6.45, 7) is 0. The molecule has 1 N–H and O–H groups in total. The van der Waals surface area contributed by atoms with Gasteiger partial charge in [0.25, 0.3) is 5.89 Å². The zero-order chi connectivity index (χ0) is 14.0. The topological polar surface area (TPSA) is 76.2 Å². The van der Waals surface area contributed by atoms with E-state index >= 15 is 0 Å². The standard InChI is InChI=1S/C11H7F3N2O3/c12-11(13,14)5-8-15-9(19-16-8)6-2-1-3-7(4-6)10(17)18/h1-4H,5H2,(H,17,18). The van der Waals surface area contributed by atoms with E-state index < -0.39 is 24.4 Å². The maximum absolute atomic E-state index is 12.1. The van der Waals surface area contributed by atoms with Gasteiger partial charge in [-0.25, -0.2) is 4.79 Å². The van der Waals surface area contributed by atoms with Crippen LogP contribution >= 0.6 is 0 Å². The minimum Gasteiger partial charge on any atom is -0.478 e. The van der Waals surface area contributed by atoms with Crippen LogP contribution in [0.15, 0.2) is 28.8 Å². The van der Waals surface area contributed by atoms with Crippen LogP contribution in [0.5, 0.6) is 0 Å². The Morgan fingerprint density at radius 3 is 2.74 bits per heavy atom. The van der Waals surface area contributed by atoms with E-state index in [1.165, 1.54) is 24.3 Å². The van der Waals surface area contributed by atoms with Gasteiger partial charge in [-0.05, 0) is 18.2 Å². The minimum atomic E-state index is -4.43. The summed E-state index contributed by atoms with van der Waals surface area (Å²) in [7, 11) is 0. The summed E-state index contributed by atoms with van der Waals surface area (Å²) in [5.41, 5.74) is 0.230. The summed E-state index contributed by atoms with van der Waals surface area (Å²) >= 11 is 0. The highest BCUT2D eigenvalue weighted by atomic mass is 19.4. The van der Waals surface area contributed by atoms with Crippen LogP contribution in [0, 0.1) is 0 Å². The van der Waals surface area contributed by atoms with Crippen LogP contribution < -0.4 is 0 Å². The van der Waals surface area contributed by atoms with Crippen molar-refractivity contribution in [2.75, 3.05) is 0 Å². The second kappa shape index (κ2) is 4.71. The predicted octanol–water partition coefficient (Wildman–Crippen LogP) is 2.54. The average Bonchev–Trinajstić information content (AvgIpc) is 2.75. The Labute approximate surface area is 104 Å². The van der Waals surface area contributed by atoms with Crippen molar-refractivity contribution < 1.29 is 27.6 Å². The Hall–Kier alpha value is -2.38. The molecular weight excluding hydrogens is 265 g/mol. The van der Waals surface area contributed by atoms with E-state index in [-0.39, 0.29) is 17.0 Å². The molecule has 0 radical (unpaired) electrons. The highest BCUT2D eigenvalue weighted by Crippen LogP contribution is 2.23. The Morgan fingerprint density at radius 1 is 1.37 bits per heavy atom. The number of hydrogen-bond acceptors (Lipinski definition) is 4. The number of carboxylic acids is 1. The fraction of sp³-hybridized carbons (Fsp3) is 0.182. The maximum Gasteiger partial charge on any atom is 0.396 e. The van der Waals surface area contributed by atoms with Gasteiger partial charge in [-0.2, -0.15) is 18.2 Å². The fourth-order valence-electron chi connectivity index (χ4n) is 1.41. The van der Waals surface area contributed by atoms with Crippen molar-refractivity contribution in [2.24, 2.45) is 0 Å². The maximum atomic E-state index is 12.1. The molecule has 0 aliphatic carbocycles. The summed E-state index contributed by atoms with van der Waals surface area (Å²) in [6, 6.07) is 5.50. The molecule has 1 heterocycles. The number of carboxylic acid groups (broad SMARTS) is 1. The monoisotopic (exact) mass is 272 g/mol. The van der Waals surface area contributed by atoms with Crippen LogP contribution in [0.4, 0.5) is 13.2 Å². The molecule has 0 saturated heterocycles. The molecule has 0 aliphatic rings. The van der Waals surface area contributed by atoms with E-state index in [1.807, 2.05) is 0 Å². The van der Waals surface area contributed by atoms with Crippen LogP contribution in [0.2, 0.25) is 0 Å². The normalized spacial score (nSPS) is 11.5. The lowest BCUT2D eigenvalue weighted by molar-refractivity contribution is -0.128. The first-order chi connectivity index (χ1) is 8.85. The Morgan fingerprint density at radius 2 is 2.11 bits per heavy atom. The molecule has 8 heteroatoms. The van der Waals surface area contributed by atoms with E-state index in [0.717, 1.165) is 0 Å². The molecule has 100 valence electrons. The average molecular weight is 272 g/mol. The van der Waals surface area contributed by atoms with Crippen molar-refractivity contribution in [3.63, 3.8) is 0 Å². The quantitative estimate of drug-likeness (QED) is 0.929. The van der Waals surface area contributed by atoms with Crippen molar-refractivity contribution in [3.8, 4) is 11.5 Å². The first-order valence-electron chi connectivity index (χ1n) is 5.08. The van der Waals surface area contributed by atoms with E-state index in [2.05, 4.69) is 14.7 Å². The zero-order valence-corrected chi connectivity index (χ0v) is 9.31. The molecule has 0 fully saturated rings. The third kappa shape index (κ3) is 3.30. The van der Waals surface area contributed by atoms with Gasteiger partial charge in [-0.3, -0.25) is 0 Å². The molecule has 0 bridgehead atoms. The molecule has 0 spiro atoms. The molecule has 2 rings (SSSR count). The van der Waals surface area contributed by atoms with Crippen molar-refractivity contribution >= 4 is 5.97 Å². The Balaban J connectivity index is 2.28. The van der Waals surface area contributed by atoms with Crippen molar-refractivity contribution in [1.29, 1.82) is 0 Å². The number of aromatic nitrogens is 2. The molecule has 0 aliphatic heterocycles. The number of rotatable bonds is 3. The minimum absolute atomic E-state index is 0.0203. The summed E-state index contributed by atoms with van der Waals surface area (Å²) in [5, 5.41) is 12.0. The van der Waals surface area contributed by atoms with Crippen LogP contribution in [-0.2, 0) is 6.42 Å². The molecule has 0 atom stereocenters. The second-order valence-corrected chi connectivity index (χ2v) is 3.69. The van der Waals surface area contributed by atoms with Gasteiger partial charge < -0.3 is 9.63 Å². The molecule has 0 amide bonds.